The Morgan fingerprint density at radius 1 is 1.29 bits per heavy atom. The highest BCUT2D eigenvalue weighted by atomic mass is 32.2. The average molecular weight is 415 g/mol. The van der Waals surface area contributed by atoms with E-state index in [1.807, 2.05) is 6.92 Å². The number of benzene rings is 1. The third kappa shape index (κ3) is 5.67. The molecule has 2 rings (SSSR count). The number of nitrogens with one attached hydrogen (secondary N) is 1. The van der Waals surface area contributed by atoms with Crippen molar-refractivity contribution in [3.8, 4) is 0 Å². The summed E-state index contributed by atoms with van der Waals surface area (Å²) in [6.45, 7) is 8.99. The zero-order chi connectivity index (χ0) is 21.2. The predicted molar refractivity (Wildman–Crippen MR) is 107 cm³/mol. The lowest BCUT2D eigenvalue weighted by Crippen LogP contribution is -2.54. The topological polar surface area (TPSA) is 75.7 Å². The van der Waals surface area contributed by atoms with Gasteiger partial charge in [-0.2, -0.15) is 0 Å². The summed E-state index contributed by atoms with van der Waals surface area (Å²) < 4.78 is 44.4. The van der Waals surface area contributed by atoms with Crippen LogP contribution in [0.4, 0.5) is 9.18 Å². The molecule has 2 atom stereocenters. The Hall–Kier alpha value is -1.67. The van der Waals surface area contributed by atoms with Crippen LogP contribution in [0.5, 0.6) is 0 Å². The zero-order valence-corrected chi connectivity index (χ0v) is 18.1. The van der Waals surface area contributed by atoms with Crippen molar-refractivity contribution < 1.29 is 22.3 Å². The number of ether oxygens (including phenoxy) is 1. The molecule has 1 aromatic rings. The number of cyclic esters (lactones) is 1. The van der Waals surface area contributed by atoms with Gasteiger partial charge in [-0.3, -0.25) is 0 Å². The third-order valence-corrected chi connectivity index (χ3v) is 6.22. The SMILES string of the molecule is C[C@H](N1CC[C@@](CCCNS(C)(=O)=O)(c2ccc(F)cc2)OC1=O)C(C)(C)C. The van der Waals surface area contributed by atoms with Gasteiger partial charge in [0, 0.05) is 25.6 Å². The largest absolute Gasteiger partial charge is 0.438 e. The molecule has 28 heavy (non-hydrogen) atoms. The van der Waals surface area contributed by atoms with Gasteiger partial charge in [0.05, 0.1) is 6.26 Å². The van der Waals surface area contributed by atoms with Gasteiger partial charge in [0.25, 0.3) is 0 Å². The van der Waals surface area contributed by atoms with E-state index in [2.05, 4.69) is 25.5 Å². The maximum Gasteiger partial charge on any atom is 0.410 e. The molecule has 0 aromatic heterocycles. The van der Waals surface area contributed by atoms with Gasteiger partial charge in [0.1, 0.15) is 11.4 Å². The van der Waals surface area contributed by atoms with E-state index in [0.29, 0.717) is 25.8 Å². The van der Waals surface area contributed by atoms with E-state index in [4.69, 9.17) is 4.74 Å². The minimum atomic E-state index is -3.28. The Bertz CT molecular complexity index is 789. The number of amides is 1. The Kier molecular flexibility index (Phi) is 6.76. The highest BCUT2D eigenvalue weighted by molar-refractivity contribution is 7.88. The first-order valence-corrected chi connectivity index (χ1v) is 11.4. The first kappa shape index (κ1) is 22.6. The van der Waals surface area contributed by atoms with Crippen molar-refractivity contribution in [2.24, 2.45) is 5.41 Å². The first-order valence-electron chi connectivity index (χ1n) is 9.54. The summed E-state index contributed by atoms with van der Waals surface area (Å²) in [4.78, 5) is 14.6. The molecule has 8 heteroatoms. The monoisotopic (exact) mass is 414 g/mol. The summed E-state index contributed by atoms with van der Waals surface area (Å²) in [6.07, 6.45) is 2.21. The second kappa shape index (κ2) is 8.37. The summed E-state index contributed by atoms with van der Waals surface area (Å²) in [5, 5.41) is 0. The van der Waals surface area contributed by atoms with E-state index in [1.54, 1.807) is 17.0 Å². The van der Waals surface area contributed by atoms with Crippen molar-refractivity contribution in [2.75, 3.05) is 19.3 Å². The van der Waals surface area contributed by atoms with Crippen molar-refractivity contribution in [1.82, 2.24) is 9.62 Å². The fraction of sp³-hybridized carbons (Fsp3) is 0.650. The van der Waals surface area contributed by atoms with Gasteiger partial charge in [0.15, 0.2) is 0 Å². The number of hydrogen-bond acceptors (Lipinski definition) is 4. The lowest BCUT2D eigenvalue weighted by molar-refractivity contribution is -0.0744. The fourth-order valence-electron chi connectivity index (χ4n) is 3.40. The van der Waals surface area contributed by atoms with Gasteiger partial charge in [-0.15, -0.1) is 0 Å². The molecule has 1 amide bonds. The third-order valence-electron chi connectivity index (χ3n) is 5.49. The number of carbonyl (C=O) groups excluding carboxylic acids is 1. The van der Waals surface area contributed by atoms with E-state index < -0.39 is 21.7 Å². The standard InChI is InChI=1S/C20H31FN2O4S/c1-15(19(2,3)4)23-14-12-20(27-18(23)24,11-6-13-22-28(5,25)26)16-7-9-17(21)10-8-16/h7-10,15,22H,6,11-14H2,1-5H3/t15-,20-/m0/s1. The first-order chi connectivity index (χ1) is 12.8. The predicted octanol–water partition coefficient (Wildman–Crippen LogP) is 3.63. The van der Waals surface area contributed by atoms with Crippen molar-refractivity contribution in [2.45, 2.75) is 58.6 Å². The zero-order valence-electron chi connectivity index (χ0n) is 17.3. The number of carbonyl (C=O) groups is 1. The molecule has 1 fully saturated rings. The van der Waals surface area contributed by atoms with E-state index in [9.17, 15) is 17.6 Å². The molecule has 0 bridgehead atoms. The highest BCUT2D eigenvalue weighted by Gasteiger charge is 2.44. The van der Waals surface area contributed by atoms with Crippen molar-refractivity contribution >= 4 is 16.1 Å². The molecule has 1 aliphatic rings. The molecule has 0 aliphatic carbocycles. The van der Waals surface area contributed by atoms with Gasteiger partial charge in [-0.1, -0.05) is 32.9 Å². The highest BCUT2D eigenvalue weighted by Crippen LogP contribution is 2.40. The van der Waals surface area contributed by atoms with Crippen LogP contribution in [0.15, 0.2) is 24.3 Å². The molecule has 1 N–H and O–H groups in total. The Labute approximate surface area is 167 Å². The smallest absolute Gasteiger partial charge is 0.410 e. The van der Waals surface area contributed by atoms with Crippen LogP contribution in [0, 0.1) is 11.2 Å². The quantitative estimate of drug-likeness (QED) is 0.692. The van der Waals surface area contributed by atoms with Crippen LogP contribution in [0.1, 0.15) is 52.5 Å². The van der Waals surface area contributed by atoms with E-state index >= 15 is 0 Å². The second-order valence-electron chi connectivity index (χ2n) is 8.62. The van der Waals surface area contributed by atoms with Crippen LogP contribution in [0.2, 0.25) is 0 Å². The minimum Gasteiger partial charge on any atom is -0.438 e. The maximum absolute atomic E-state index is 13.4. The summed E-state index contributed by atoms with van der Waals surface area (Å²) in [7, 11) is -3.28. The van der Waals surface area contributed by atoms with Gasteiger partial charge in [-0.25, -0.2) is 22.3 Å². The summed E-state index contributed by atoms with van der Waals surface area (Å²) in [6, 6.07) is 5.97. The van der Waals surface area contributed by atoms with Crippen LogP contribution >= 0.6 is 0 Å². The molecule has 0 spiro atoms. The Morgan fingerprint density at radius 3 is 2.39 bits per heavy atom. The lowest BCUT2D eigenvalue weighted by Gasteiger charge is -2.46. The molecule has 1 saturated heterocycles. The van der Waals surface area contributed by atoms with Crippen LogP contribution in [0.3, 0.4) is 0 Å². The van der Waals surface area contributed by atoms with Crippen LogP contribution < -0.4 is 4.72 Å². The van der Waals surface area contributed by atoms with Gasteiger partial charge in [-0.05, 0) is 42.9 Å². The second-order valence-corrected chi connectivity index (χ2v) is 10.5. The summed E-state index contributed by atoms with van der Waals surface area (Å²) in [5.41, 5.74) is -0.253. The van der Waals surface area contributed by atoms with E-state index in [-0.39, 0.29) is 23.8 Å². The Balaban J connectivity index is 2.21. The molecular weight excluding hydrogens is 383 g/mol. The van der Waals surface area contributed by atoms with Gasteiger partial charge >= 0.3 is 6.09 Å². The molecule has 6 nitrogen and oxygen atoms in total. The number of rotatable bonds is 7. The van der Waals surface area contributed by atoms with Crippen molar-refractivity contribution in [3.63, 3.8) is 0 Å². The van der Waals surface area contributed by atoms with Crippen molar-refractivity contribution in [1.29, 1.82) is 0 Å². The van der Waals surface area contributed by atoms with E-state index in [1.165, 1.54) is 12.1 Å². The molecule has 1 aromatic carbocycles. The lowest BCUT2D eigenvalue weighted by atomic mass is 9.82. The summed E-state index contributed by atoms with van der Waals surface area (Å²) >= 11 is 0. The van der Waals surface area contributed by atoms with Crippen molar-refractivity contribution in [3.05, 3.63) is 35.6 Å². The van der Waals surface area contributed by atoms with E-state index in [0.717, 1.165) is 11.8 Å². The molecule has 0 unspecified atom stereocenters. The molecule has 1 heterocycles. The molecule has 158 valence electrons. The number of hydrogen-bond donors (Lipinski definition) is 1. The minimum absolute atomic E-state index is 0.00174. The molecule has 0 radical (unpaired) electrons. The maximum atomic E-state index is 13.4. The number of sulfonamides is 1. The normalized spacial score (nSPS) is 22.1. The molecule has 1 aliphatic heterocycles. The van der Waals surface area contributed by atoms with Gasteiger partial charge < -0.3 is 9.64 Å². The molecular formula is C20H31FN2O4S. The summed E-state index contributed by atoms with van der Waals surface area (Å²) in [5.74, 6) is -0.359. The van der Waals surface area contributed by atoms with Crippen LogP contribution in [-0.2, 0) is 20.4 Å². The fourth-order valence-corrected chi connectivity index (χ4v) is 3.91. The molecule has 0 saturated carbocycles. The van der Waals surface area contributed by atoms with Gasteiger partial charge in [0.2, 0.25) is 10.0 Å². The number of nitrogens with zero attached hydrogens (tertiary/aromatic N) is 1. The van der Waals surface area contributed by atoms with Crippen LogP contribution in [0.25, 0.3) is 0 Å². The van der Waals surface area contributed by atoms with Crippen LogP contribution in [-0.4, -0.2) is 44.8 Å². The Morgan fingerprint density at radius 2 is 1.89 bits per heavy atom. The average Bonchev–Trinajstić information content (AvgIpc) is 2.57. The number of halogens is 1.